The molecule has 1 aromatic carbocycles. The minimum Gasteiger partial charge on any atom is -0.455 e. The van der Waals surface area contributed by atoms with E-state index in [9.17, 15) is 9.59 Å². The van der Waals surface area contributed by atoms with Crippen LogP contribution in [0.1, 0.15) is 41.6 Å². The SMILES string of the molecule is CC(C)(C)OC(=O)c1cc2ccc(C(=O)CN)cc2[nH]1. The van der Waals surface area contributed by atoms with Gasteiger partial charge in [-0.1, -0.05) is 12.1 Å². The molecular weight excluding hydrogens is 256 g/mol. The summed E-state index contributed by atoms with van der Waals surface area (Å²) < 4.78 is 5.30. The second kappa shape index (κ2) is 5.09. The largest absolute Gasteiger partial charge is 0.455 e. The fraction of sp³-hybridized carbons (Fsp3) is 0.333. The molecule has 0 aliphatic heterocycles. The molecule has 20 heavy (non-hydrogen) atoms. The Morgan fingerprint density at radius 2 is 1.95 bits per heavy atom. The van der Waals surface area contributed by atoms with Gasteiger partial charge in [-0.25, -0.2) is 4.79 Å². The van der Waals surface area contributed by atoms with Crippen LogP contribution in [0.4, 0.5) is 0 Å². The number of benzene rings is 1. The number of ketones is 1. The molecule has 106 valence electrons. The van der Waals surface area contributed by atoms with Gasteiger partial charge in [0.25, 0.3) is 0 Å². The Balaban J connectivity index is 2.34. The van der Waals surface area contributed by atoms with Gasteiger partial charge in [0.2, 0.25) is 0 Å². The van der Waals surface area contributed by atoms with E-state index in [-0.39, 0.29) is 12.3 Å². The van der Waals surface area contributed by atoms with Crippen LogP contribution in [-0.2, 0) is 4.74 Å². The first kappa shape index (κ1) is 14.3. The van der Waals surface area contributed by atoms with Crippen molar-refractivity contribution >= 4 is 22.7 Å². The summed E-state index contributed by atoms with van der Waals surface area (Å²) in [4.78, 5) is 26.5. The fourth-order valence-corrected chi connectivity index (χ4v) is 1.86. The van der Waals surface area contributed by atoms with E-state index in [4.69, 9.17) is 10.5 Å². The third-order valence-corrected chi connectivity index (χ3v) is 2.75. The van der Waals surface area contributed by atoms with Crippen LogP contribution in [-0.4, -0.2) is 28.9 Å². The Bertz CT molecular complexity index is 665. The maximum absolute atomic E-state index is 12.0. The molecular formula is C15H18N2O3. The zero-order chi connectivity index (χ0) is 14.9. The van der Waals surface area contributed by atoms with Gasteiger partial charge in [-0.3, -0.25) is 4.79 Å². The van der Waals surface area contributed by atoms with Crippen LogP contribution in [0, 0.1) is 0 Å². The van der Waals surface area contributed by atoms with Gasteiger partial charge in [0, 0.05) is 16.5 Å². The van der Waals surface area contributed by atoms with E-state index in [0.717, 1.165) is 5.39 Å². The van der Waals surface area contributed by atoms with E-state index < -0.39 is 11.6 Å². The molecule has 0 fully saturated rings. The van der Waals surface area contributed by atoms with Crippen LogP contribution >= 0.6 is 0 Å². The summed E-state index contributed by atoms with van der Waals surface area (Å²) >= 11 is 0. The average Bonchev–Trinajstić information content (AvgIpc) is 2.78. The topological polar surface area (TPSA) is 85.2 Å². The van der Waals surface area contributed by atoms with E-state index in [1.165, 1.54) is 0 Å². The van der Waals surface area contributed by atoms with Gasteiger partial charge >= 0.3 is 5.97 Å². The number of esters is 1. The van der Waals surface area contributed by atoms with Crippen LogP contribution in [0.25, 0.3) is 10.9 Å². The van der Waals surface area contributed by atoms with E-state index in [1.807, 2.05) is 20.8 Å². The highest BCUT2D eigenvalue weighted by Crippen LogP contribution is 2.19. The Morgan fingerprint density at radius 3 is 2.55 bits per heavy atom. The van der Waals surface area contributed by atoms with Crippen LogP contribution < -0.4 is 5.73 Å². The summed E-state index contributed by atoms with van der Waals surface area (Å²) in [7, 11) is 0. The third kappa shape index (κ3) is 3.05. The molecule has 0 bridgehead atoms. The predicted octanol–water partition coefficient (Wildman–Crippen LogP) is 2.26. The molecule has 5 heteroatoms. The lowest BCUT2D eigenvalue weighted by atomic mass is 10.1. The monoisotopic (exact) mass is 274 g/mol. The maximum Gasteiger partial charge on any atom is 0.355 e. The highest BCUT2D eigenvalue weighted by atomic mass is 16.6. The van der Waals surface area contributed by atoms with Crippen LogP contribution in [0.15, 0.2) is 24.3 Å². The molecule has 0 aliphatic carbocycles. The highest BCUT2D eigenvalue weighted by molar-refractivity contribution is 6.02. The highest BCUT2D eigenvalue weighted by Gasteiger charge is 2.19. The minimum absolute atomic E-state index is 0.0366. The molecule has 2 rings (SSSR count). The smallest absolute Gasteiger partial charge is 0.355 e. The van der Waals surface area contributed by atoms with E-state index >= 15 is 0 Å². The maximum atomic E-state index is 12.0. The molecule has 5 nitrogen and oxygen atoms in total. The fourth-order valence-electron chi connectivity index (χ4n) is 1.86. The third-order valence-electron chi connectivity index (χ3n) is 2.75. The van der Waals surface area contributed by atoms with Crippen molar-refractivity contribution in [3.63, 3.8) is 0 Å². The Labute approximate surface area is 117 Å². The van der Waals surface area contributed by atoms with Crippen molar-refractivity contribution in [3.05, 3.63) is 35.5 Å². The number of nitrogens with one attached hydrogen (secondary N) is 1. The first-order valence-corrected chi connectivity index (χ1v) is 6.39. The van der Waals surface area contributed by atoms with Crippen molar-refractivity contribution in [3.8, 4) is 0 Å². The molecule has 0 radical (unpaired) electrons. The summed E-state index contributed by atoms with van der Waals surface area (Å²) in [5.74, 6) is -0.555. The molecule has 0 unspecified atom stereocenters. The standard InChI is InChI=1S/C15H18N2O3/c1-15(2,3)20-14(19)12-6-9-4-5-10(13(18)8-16)7-11(9)17-12/h4-7,17H,8,16H2,1-3H3. The van der Waals surface area contributed by atoms with Gasteiger partial charge < -0.3 is 15.5 Å². The molecule has 0 saturated carbocycles. The number of nitrogens with two attached hydrogens (primary N) is 1. The first-order chi connectivity index (χ1) is 9.30. The summed E-state index contributed by atoms with van der Waals surface area (Å²) in [5, 5.41) is 0.847. The summed E-state index contributed by atoms with van der Waals surface area (Å²) in [6.45, 7) is 5.40. The lowest BCUT2D eigenvalue weighted by Crippen LogP contribution is -2.24. The number of ether oxygens (including phenoxy) is 1. The number of aromatic amines is 1. The number of hydrogen-bond donors (Lipinski definition) is 2. The van der Waals surface area contributed by atoms with Crippen molar-refractivity contribution < 1.29 is 14.3 Å². The molecule has 0 aliphatic rings. The number of fused-ring (bicyclic) bond motifs is 1. The van der Waals surface area contributed by atoms with E-state index in [2.05, 4.69) is 4.98 Å². The van der Waals surface area contributed by atoms with Gasteiger partial charge in [-0.05, 0) is 32.9 Å². The molecule has 1 heterocycles. The van der Waals surface area contributed by atoms with Crippen molar-refractivity contribution in [2.45, 2.75) is 26.4 Å². The number of carbonyl (C=O) groups is 2. The molecule has 1 aromatic heterocycles. The van der Waals surface area contributed by atoms with Gasteiger partial charge in [-0.2, -0.15) is 0 Å². The second-order valence-corrected chi connectivity index (χ2v) is 5.61. The second-order valence-electron chi connectivity index (χ2n) is 5.61. The summed E-state index contributed by atoms with van der Waals surface area (Å²) in [5.41, 5.74) is 6.40. The predicted molar refractivity (Wildman–Crippen MR) is 76.9 cm³/mol. The van der Waals surface area contributed by atoms with Crippen molar-refractivity contribution in [1.29, 1.82) is 0 Å². The number of H-pyrrole nitrogens is 1. The number of carbonyl (C=O) groups excluding carboxylic acids is 2. The summed E-state index contributed by atoms with van der Waals surface area (Å²) in [6.07, 6.45) is 0. The van der Waals surface area contributed by atoms with E-state index in [0.29, 0.717) is 16.8 Å². The normalized spacial score (nSPS) is 11.6. The van der Waals surface area contributed by atoms with Crippen LogP contribution in [0.2, 0.25) is 0 Å². The van der Waals surface area contributed by atoms with Crippen molar-refractivity contribution in [1.82, 2.24) is 4.98 Å². The Morgan fingerprint density at radius 1 is 1.25 bits per heavy atom. The Hall–Kier alpha value is -2.14. The van der Waals surface area contributed by atoms with Gasteiger partial charge in [-0.15, -0.1) is 0 Å². The molecule has 0 saturated heterocycles. The first-order valence-electron chi connectivity index (χ1n) is 6.39. The van der Waals surface area contributed by atoms with Crippen LogP contribution in [0.3, 0.4) is 0 Å². The van der Waals surface area contributed by atoms with Crippen LogP contribution in [0.5, 0.6) is 0 Å². The van der Waals surface area contributed by atoms with Gasteiger partial charge in [0.15, 0.2) is 5.78 Å². The number of Topliss-reactive ketones (excluding diaryl/α,β-unsaturated/α-hetero) is 1. The molecule has 0 amide bonds. The molecule has 2 aromatic rings. The summed E-state index contributed by atoms with van der Waals surface area (Å²) in [6, 6.07) is 6.88. The molecule has 0 atom stereocenters. The van der Waals surface area contributed by atoms with Gasteiger partial charge in [0.05, 0.1) is 6.54 Å². The van der Waals surface area contributed by atoms with Gasteiger partial charge in [0.1, 0.15) is 11.3 Å². The number of hydrogen-bond acceptors (Lipinski definition) is 4. The zero-order valence-corrected chi connectivity index (χ0v) is 11.8. The zero-order valence-electron chi connectivity index (χ0n) is 11.8. The average molecular weight is 274 g/mol. The number of rotatable bonds is 3. The Kier molecular flexibility index (Phi) is 3.63. The van der Waals surface area contributed by atoms with E-state index in [1.54, 1.807) is 24.3 Å². The minimum atomic E-state index is -0.547. The lowest BCUT2D eigenvalue weighted by Gasteiger charge is -2.18. The lowest BCUT2D eigenvalue weighted by molar-refractivity contribution is 0.00638. The quantitative estimate of drug-likeness (QED) is 0.664. The molecule has 3 N–H and O–H groups in total. The van der Waals surface area contributed by atoms with Crippen molar-refractivity contribution in [2.24, 2.45) is 5.73 Å². The molecule has 0 spiro atoms. The van der Waals surface area contributed by atoms with Crippen molar-refractivity contribution in [2.75, 3.05) is 6.54 Å². The number of aromatic nitrogens is 1.